The third kappa shape index (κ3) is 1.35. The standard InChI is InChI=1S/C7H11N3S/c8-7-1-3-10(9-7)6-2-4-11-5-6/h1,3,6H,2,4-5H2,(H2,8,9). The van der Waals surface area contributed by atoms with Crippen LogP contribution >= 0.6 is 11.8 Å². The minimum Gasteiger partial charge on any atom is -0.382 e. The van der Waals surface area contributed by atoms with Crippen LogP contribution in [0.3, 0.4) is 0 Å². The topological polar surface area (TPSA) is 43.8 Å². The molecule has 60 valence electrons. The average molecular weight is 169 g/mol. The van der Waals surface area contributed by atoms with E-state index in [-0.39, 0.29) is 0 Å². The Hall–Kier alpha value is -0.640. The number of nitrogen functional groups attached to an aromatic ring is 1. The molecule has 0 aromatic carbocycles. The van der Waals surface area contributed by atoms with Crippen LogP contribution < -0.4 is 5.73 Å². The van der Waals surface area contributed by atoms with Crippen molar-refractivity contribution in [3.63, 3.8) is 0 Å². The zero-order valence-electron chi connectivity index (χ0n) is 6.23. The molecule has 0 saturated carbocycles. The third-order valence-corrected chi connectivity index (χ3v) is 3.05. The van der Waals surface area contributed by atoms with Gasteiger partial charge in [-0.25, -0.2) is 0 Å². The van der Waals surface area contributed by atoms with Crippen LogP contribution in [0.1, 0.15) is 12.5 Å². The molecular formula is C7H11N3S. The summed E-state index contributed by atoms with van der Waals surface area (Å²) in [5.74, 6) is 3.06. The number of hydrogen-bond acceptors (Lipinski definition) is 3. The number of nitrogens with two attached hydrogens (primary N) is 1. The van der Waals surface area contributed by atoms with Crippen molar-refractivity contribution < 1.29 is 0 Å². The molecule has 0 aliphatic carbocycles. The summed E-state index contributed by atoms with van der Waals surface area (Å²) in [4.78, 5) is 0. The highest BCUT2D eigenvalue weighted by atomic mass is 32.2. The Morgan fingerprint density at radius 3 is 3.18 bits per heavy atom. The van der Waals surface area contributed by atoms with Crippen LogP contribution in [0.15, 0.2) is 12.3 Å². The van der Waals surface area contributed by atoms with E-state index in [2.05, 4.69) is 5.10 Å². The molecule has 0 bridgehead atoms. The molecule has 1 aliphatic rings. The lowest BCUT2D eigenvalue weighted by atomic mass is 10.3. The quantitative estimate of drug-likeness (QED) is 0.685. The van der Waals surface area contributed by atoms with Crippen molar-refractivity contribution >= 4 is 17.6 Å². The maximum absolute atomic E-state index is 5.51. The molecule has 0 radical (unpaired) electrons. The first-order valence-corrected chi connectivity index (χ1v) is 4.90. The van der Waals surface area contributed by atoms with Gasteiger partial charge >= 0.3 is 0 Å². The van der Waals surface area contributed by atoms with Crippen LogP contribution in [0.5, 0.6) is 0 Å². The van der Waals surface area contributed by atoms with Gasteiger partial charge in [0, 0.05) is 11.9 Å². The first-order valence-electron chi connectivity index (χ1n) is 3.74. The van der Waals surface area contributed by atoms with E-state index in [1.807, 2.05) is 28.7 Å². The zero-order valence-corrected chi connectivity index (χ0v) is 7.05. The van der Waals surface area contributed by atoms with Crippen molar-refractivity contribution in [1.82, 2.24) is 9.78 Å². The van der Waals surface area contributed by atoms with Crippen LogP contribution in [0, 0.1) is 0 Å². The van der Waals surface area contributed by atoms with Gasteiger partial charge in [-0.05, 0) is 18.2 Å². The maximum atomic E-state index is 5.51. The number of aromatic nitrogens is 2. The predicted octanol–water partition coefficient (Wildman–Crippen LogP) is 1.14. The zero-order chi connectivity index (χ0) is 7.68. The Labute approximate surface area is 70.0 Å². The van der Waals surface area contributed by atoms with Gasteiger partial charge in [-0.3, -0.25) is 4.68 Å². The second-order valence-electron chi connectivity index (χ2n) is 2.74. The molecule has 4 heteroatoms. The summed E-state index contributed by atoms with van der Waals surface area (Å²) in [5.41, 5.74) is 5.51. The van der Waals surface area contributed by atoms with Crippen LogP contribution in [0.4, 0.5) is 5.82 Å². The highest BCUT2D eigenvalue weighted by molar-refractivity contribution is 7.99. The second kappa shape index (κ2) is 2.77. The SMILES string of the molecule is Nc1ccn(C2CCSC2)n1. The summed E-state index contributed by atoms with van der Waals surface area (Å²) < 4.78 is 1.98. The Balaban J connectivity index is 2.15. The van der Waals surface area contributed by atoms with Crippen LogP contribution in [-0.2, 0) is 0 Å². The van der Waals surface area contributed by atoms with Gasteiger partial charge < -0.3 is 5.73 Å². The molecule has 1 aliphatic heterocycles. The summed E-state index contributed by atoms with van der Waals surface area (Å²) in [5, 5.41) is 4.17. The van der Waals surface area contributed by atoms with Crippen LogP contribution in [-0.4, -0.2) is 21.3 Å². The molecule has 2 rings (SSSR count). The van der Waals surface area contributed by atoms with E-state index < -0.39 is 0 Å². The fraction of sp³-hybridized carbons (Fsp3) is 0.571. The number of nitrogens with zero attached hydrogens (tertiary/aromatic N) is 2. The van der Waals surface area contributed by atoms with Crippen molar-refractivity contribution in [2.45, 2.75) is 12.5 Å². The Bertz CT molecular complexity index is 240. The highest BCUT2D eigenvalue weighted by Crippen LogP contribution is 2.27. The number of thioether (sulfide) groups is 1. The van der Waals surface area contributed by atoms with E-state index >= 15 is 0 Å². The minimum atomic E-state index is 0.581. The van der Waals surface area contributed by atoms with Crippen molar-refractivity contribution in [1.29, 1.82) is 0 Å². The fourth-order valence-electron chi connectivity index (χ4n) is 1.29. The molecule has 1 atom stereocenters. The van der Waals surface area contributed by atoms with Gasteiger partial charge in [0.05, 0.1) is 6.04 Å². The molecule has 11 heavy (non-hydrogen) atoms. The van der Waals surface area contributed by atoms with Gasteiger partial charge in [-0.2, -0.15) is 16.9 Å². The van der Waals surface area contributed by atoms with E-state index in [1.54, 1.807) is 0 Å². The van der Waals surface area contributed by atoms with Crippen molar-refractivity contribution in [2.24, 2.45) is 0 Å². The second-order valence-corrected chi connectivity index (χ2v) is 3.89. The molecule has 1 fully saturated rings. The van der Waals surface area contributed by atoms with Crippen molar-refractivity contribution in [3.05, 3.63) is 12.3 Å². The van der Waals surface area contributed by atoms with Gasteiger partial charge in [0.15, 0.2) is 0 Å². The Morgan fingerprint density at radius 2 is 2.64 bits per heavy atom. The van der Waals surface area contributed by atoms with Gasteiger partial charge in [-0.15, -0.1) is 0 Å². The molecule has 1 aromatic rings. The van der Waals surface area contributed by atoms with E-state index in [0.29, 0.717) is 11.9 Å². The predicted molar refractivity (Wildman–Crippen MR) is 47.6 cm³/mol. The van der Waals surface area contributed by atoms with E-state index in [1.165, 1.54) is 17.9 Å². The summed E-state index contributed by atoms with van der Waals surface area (Å²) in [7, 11) is 0. The monoisotopic (exact) mass is 169 g/mol. The third-order valence-electron chi connectivity index (χ3n) is 1.91. The fourth-order valence-corrected chi connectivity index (χ4v) is 2.48. The van der Waals surface area contributed by atoms with Crippen LogP contribution in [0.2, 0.25) is 0 Å². The van der Waals surface area contributed by atoms with E-state index in [4.69, 9.17) is 5.73 Å². The first kappa shape index (κ1) is 7.03. The lowest BCUT2D eigenvalue weighted by Gasteiger charge is -2.07. The number of rotatable bonds is 1. The summed E-state index contributed by atoms with van der Waals surface area (Å²) in [6.07, 6.45) is 3.19. The minimum absolute atomic E-state index is 0.581. The van der Waals surface area contributed by atoms with Gasteiger partial charge in [-0.1, -0.05) is 0 Å². The van der Waals surface area contributed by atoms with Crippen molar-refractivity contribution in [2.75, 3.05) is 17.2 Å². The normalized spacial score (nSPS) is 24.2. The maximum Gasteiger partial charge on any atom is 0.145 e. The Morgan fingerprint density at radius 1 is 1.73 bits per heavy atom. The molecule has 0 spiro atoms. The molecule has 1 aromatic heterocycles. The molecule has 2 heterocycles. The lowest BCUT2D eigenvalue weighted by molar-refractivity contribution is 0.503. The number of anilines is 1. The molecule has 3 nitrogen and oxygen atoms in total. The highest BCUT2D eigenvalue weighted by Gasteiger charge is 2.17. The molecule has 1 unspecified atom stereocenters. The van der Waals surface area contributed by atoms with Gasteiger partial charge in [0.2, 0.25) is 0 Å². The van der Waals surface area contributed by atoms with E-state index in [0.717, 1.165) is 0 Å². The first-order chi connectivity index (χ1) is 5.36. The smallest absolute Gasteiger partial charge is 0.145 e. The summed E-state index contributed by atoms with van der Waals surface area (Å²) in [6.45, 7) is 0. The molecule has 2 N–H and O–H groups in total. The largest absolute Gasteiger partial charge is 0.382 e. The molecule has 1 saturated heterocycles. The summed E-state index contributed by atoms with van der Waals surface area (Å²) >= 11 is 1.98. The number of hydrogen-bond donors (Lipinski definition) is 1. The van der Waals surface area contributed by atoms with Gasteiger partial charge in [0.25, 0.3) is 0 Å². The molecular weight excluding hydrogens is 158 g/mol. The van der Waals surface area contributed by atoms with Gasteiger partial charge in [0.1, 0.15) is 5.82 Å². The van der Waals surface area contributed by atoms with E-state index in [9.17, 15) is 0 Å². The Kier molecular flexibility index (Phi) is 1.77. The summed E-state index contributed by atoms with van der Waals surface area (Å²) in [6, 6.07) is 2.43. The van der Waals surface area contributed by atoms with Crippen LogP contribution in [0.25, 0.3) is 0 Å². The molecule has 0 amide bonds. The van der Waals surface area contributed by atoms with Crippen molar-refractivity contribution in [3.8, 4) is 0 Å². The lowest BCUT2D eigenvalue weighted by Crippen LogP contribution is -2.08. The average Bonchev–Trinajstić information content (AvgIpc) is 2.55.